The zero-order chi connectivity index (χ0) is 19.9. The van der Waals surface area contributed by atoms with Gasteiger partial charge in [-0.2, -0.15) is 10.2 Å². The minimum absolute atomic E-state index is 0.122. The van der Waals surface area contributed by atoms with Crippen LogP contribution in [0.25, 0.3) is 33.1 Å². The van der Waals surface area contributed by atoms with E-state index in [4.69, 9.17) is 10.8 Å². The minimum atomic E-state index is -0.956. The third-order valence-corrected chi connectivity index (χ3v) is 4.82. The first-order valence-corrected chi connectivity index (χ1v) is 8.90. The maximum atomic E-state index is 12.5. The average molecular weight is 379 g/mol. The molecule has 0 saturated heterocycles. The summed E-state index contributed by atoms with van der Waals surface area (Å²) in [6.07, 6.45) is 3.43. The van der Waals surface area contributed by atoms with Crippen LogP contribution in [-0.4, -0.2) is 49.1 Å². The summed E-state index contributed by atoms with van der Waals surface area (Å²) in [5.74, 6) is 0.105. The highest BCUT2D eigenvalue weighted by Crippen LogP contribution is 2.31. The van der Waals surface area contributed by atoms with E-state index < -0.39 is 5.54 Å². The highest BCUT2D eigenvalue weighted by atomic mass is 16.3. The summed E-state index contributed by atoms with van der Waals surface area (Å²) in [6, 6.07) is 7.71. The predicted octanol–water partition coefficient (Wildman–Crippen LogP) is 1.40. The summed E-state index contributed by atoms with van der Waals surface area (Å²) < 4.78 is 1.59. The molecule has 3 heterocycles. The van der Waals surface area contributed by atoms with E-state index >= 15 is 0 Å². The molecule has 0 bridgehead atoms. The first kappa shape index (κ1) is 17.9. The monoisotopic (exact) mass is 379 g/mol. The smallest absolute Gasteiger partial charge is 0.247 e. The Balaban J connectivity index is 1.83. The predicted molar refractivity (Wildman–Crippen MR) is 106 cm³/mol. The molecule has 0 spiro atoms. The van der Waals surface area contributed by atoms with Gasteiger partial charge in [0, 0.05) is 29.9 Å². The summed E-state index contributed by atoms with van der Waals surface area (Å²) in [7, 11) is 0. The Kier molecular flexibility index (Phi) is 4.23. The Hall–Kier alpha value is -3.46. The first-order chi connectivity index (χ1) is 13.4. The molecule has 1 amide bonds. The van der Waals surface area contributed by atoms with Crippen molar-refractivity contribution in [1.29, 1.82) is 0 Å². The van der Waals surface area contributed by atoms with Crippen molar-refractivity contribution in [2.45, 2.75) is 19.4 Å². The van der Waals surface area contributed by atoms with Gasteiger partial charge < -0.3 is 16.2 Å². The highest BCUT2D eigenvalue weighted by molar-refractivity contribution is 6.08. The van der Waals surface area contributed by atoms with Crippen molar-refractivity contribution in [3.05, 3.63) is 36.7 Å². The number of hydrogen-bond donors (Lipinski definition) is 4. The third-order valence-electron chi connectivity index (χ3n) is 4.82. The van der Waals surface area contributed by atoms with Gasteiger partial charge in [-0.25, -0.2) is 4.98 Å². The summed E-state index contributed by atoms with van der Waals surface area (Å²) in [6.45, 7) is 3.58. The Labute approximate surface area is 160 Å². The maximum Gasteiger partial charge on any atom is 0.247 e. The van der Waals surface area contributed by atoms with E-state index in [1.165, 1.54) is 0 Å². The fourth-order valence-corrected chi connectivity index (χ4v) is 3.14. The molecule has 28 heavy (non-hydrogen) atoms. The number of aliphatic hydroxyl groups excluding tert-OH is 1. The number of hydrogen-bond acceptors (Lipinski definition) is 6. The van der Waals surface area contributed by atoms with Crippen LogP contribution in [0.1, 0.15) is 13.8 Å². The van der Waals surface area contributed by atoms with E-state index in [9.17, 15) is 4.79 Å². The van der Waals surface area contributed by atoms with Gasteiger partial charge in [-0.1, -0.05) is 6.07 Å². The quantitative estimate of drug-likeness (QED) is 0.414. The van der Waals surface area contributed by atoms with E-state index in [0.29, 0.717) is 22.2 Å². The zero-order valence-corrected chi connectivity index (χ0v) is 15.6. The first-order valence-electron chi connectivity index (χ1n) is 8.90. The molecule has 0 aliphatic carbocycles. The van der Waals surface area contributed by atoms with E-state index in [2.05, 4.69) is 25.6 Å². The van der Waals surface area contributed by atoms with Crippen molar-refractivity contribution in [2.24, 2.45) is 0 Å². The molecule has 0 radical (unpaired) electrons. The molecule has 0 atom stereocenters. The third kappa shape index (κ3) is 2.85. The summed E-state index contributed by atoms with van der Waals surface area (Å²) in [5, 5.41) is 24.7. The fraction of sp³-hybridized carbons (Fsp3) is 0.263. The molecule has 0 unspecified atom stereocenters. The largest absolute Gasteiger partial charge is 0.395 e. The van der Waals surface area contributed by atoms with Crippen molar-refractivity contribution < 1.29 is 9.90 Å². The number of H-pyrrole nitrogens is 1. The normalized spacial score (nSPS) is 12.0. The van der Waals surface area contributed by atoms with Crippen LogP contribution >= 0.6 is 0 Å². The molecule has 0 saturated carbocycles. The number of amides is 1. The molecule has 1 aromatic carbocycles. The van der Waals surface area contributed by atoms with Crippen molar-refractivity contribution >= 4 is 33.5 Å². The average Bonchev–Trinajstić information content (AvgIpc) is 3.36. The minimum Gasteiger partial charge on any atom is -0.395 e. The molecule has 9 heteroatoms. The molecule has 144 valence electrons. The number of aromatic nitrogens is 5. The van der Waals surface area contributed by atoms with Crippen LogP contribution in [0.4, 0.5) is 5.82 Å². The molecular weight excluding hydrogens is 358 g/mol. The Morgan fingerprint density at radius 3 is 2.86 bits per heavy atom. The molecule has 5 N–H and O–H groups in total. The zero-order valence-electron chi connectivity index (χ0n) is 15.6. The van der Waals surface area contributed by atoms with Gasteiger partial charge in [-0.3, -0.25) is 14.6 Å². The van der Waals surface area contributed by atoms with Gasteiger partial charge in [0.2, 0.25) is 5.91 Å². The SMILES string of the molecule is CC(C)(C(=O)NCCO)n1cc2c(N)nc3cc(-c4ccn[nH]4)ccc3c2n1. The van der Waals surface area contributed by atoms with Crippen molar-refractivity contribution in [2.75, 3.05) is 18.9 Å². The molecule has 4 rings (SSSR count). The number of rotatable bonds is 5. The van der Waals surface area contributed by atoms with Crippen molar-refractivity contribution in [3.63, 3.8) is 0 Å². The van der Waals surface area contributed by atoms with Gasteiger partial charge in [-0.05, 0) is 32.0 Å². The fourth-order valence-electron chi connectivity index (χ4n) is 3.14. The number of carbonyl (C=O) groups excluding carboxylic acids is 1. The summed E-state index contributed by atoms with van der Waals surface area (Å²) >= 11 is 0. The van der Waals surface area contributed by atoms with Crippen LogP contribution in [-0.2, 0) is 10.3 Å². The van der Waals surface area contributed by atoms with Gasteiger partial charge in [-0.15, -0.1) is 0 Å². The Morgan fingerprint density at radius 1 is 1.32 bits per heavy atom. The number of benzene rings is 1. The molecule has 0 aliphatic rings. The Bertz CT molecular complexity index is 1160. The second-order valence-electron chi connectivity index (χ2n) is 7.07. The number of nitrogen functional groups attached to an aromatic ring is 1. The summed E-state index contributed by atoms with van der Waals surface area (Å²) in [4.78, 5) is 17.0. The molecule has 0 fully saturated rings. The lowest BCUT2D eigenvalue weighted by Crippen LogP contribution is -2.45. The van der Waals surface area contributed by atoms with Crippen LogP contribution in [0.3, 0.4) is 0 Å². The lowest BCUT2D eigenvalue weighted by atomic mass is 10.1. The van der Waals surface area contributed by atoms with E-state index in [1.807, 2.05) is 24.3 Å². The number of nitrogens with two attached hydrogens (primary N) is 1. The molecular formula is C19H21N7O2. The second-order valence-corrected chi connectivity index (χ2v) is 7.07. The van der Waals surface area contributed by atoms with E-state index in [1.54, 1.807) is 30.9 Å². The van der Waals surface area contributed by atoms with Gasteiger partial charge >= 0.3 is 0 Å². The van der Waals surface area contributed by atoms with Crippen LogP contribution < -0.4 is 11.1 Å². The molecule has 9 nitrogen and oxygen atoms in total. The highest BCUT2D eigenvalue weighted by Gasteiger charge is 2.31. The van der Waals surface area contributed by atoms with Gasteiger partial charge in [0.15, 0.2) is 0 Å². The standard InChI is InChI=1S/C19H21N7O2/c1-19(2,18(28)21-7-8-27)26-10-13-16(25-26)12-4-3-11(14-5-6-22-24-14)9-15(12)23-17(13)20/h3-6,9-10,27H,7-8H2,1-2H3,(H2,20,23)(H,21,28)(H,22,24). The number of carbonyl (C=O) groups is 1. The summed E-state index contributed by atoms with van der Waals surface area (Å²) in [5.41, 5.74) is 8.45. The van der Waals surface area contributed by atoms with Crippen molar-refractivity contribution in [1.82, 2.24) is 30.3 Å². The maximum absolute atomic E-state index is 12.5. The molecule has 3 aromatic heterocycles. The van der Waals surface area contributed by atoms with Crippen LogP contribution in [0.5, 0.6) is 0 Å². The molecule has 0 aliphatic heterocycles. The number of anilines is 1. The number of nitrogens with one attached hydrogen (secondary N) is 2. The van der Waals surface area contributed by atoms with Crippen molar-refractivity contribution in [3.8, 4) is 11.3 Å². The number of pyridine rings is 1. The van der Waals surface area contributed by atoms with Crippen LogP contribution in [0.15, 0.2) is 36.7 Å². The topological polar surface area (TPSA) is 135 Å². The van der Waals surface area contributed by atoms with E-state index in [-0.39, 0.29) is 19.1 Å². The lowest BCUT2D eigenvalue weighted by molar-refractivity contribution is -0.128. The number of aliphatic hydroxyl groups is 1. The van der Waals surface area contributed by atoms with Gasteiger partial charge in [0.25, 0.3) is 0 Å². The van der Waals surface area contributed by atoms with Gasteiger partial charge in [0.05, 0.1) is 23.2 Å². The lowest BCUT2D eigenvalue weighted by Gasteiger charge is -2.23. The van der Waals surface area contributed by atoms with Crippen LogP contribution in [0, 0.1) is 0 Å². The Morgan fingerprint density at radius 2 is 2.14 bits per heavy atom. The second kappa shape index (κ2) is 6.61. The number of fused-ring (bicyclic) bond motifs is 3. The van der Waals surface area contributed by atoms with Crippen LogP contribution in [0.2, 0.25) is 0 Å². The number of nitrogens with zero attached hydrogens (tertiary/aromatic N) is 4. The number of aromatic amines is 1. The van der Waals surface area contributed by atoms with Gasteiger partial charge in [0.1, 0.15) is 16.9 Å². The van der Waals surface area contributed by atoms with E-state index in [0.717, 1.165) is 16.6 Å². The molecule has 4 aromatic rings.